The van der Waals surface area contributed by atoms with Gasteiger partial charge in [-0.25, -0.2) is 0 Å². The van der Waals surface area contributed by atoms with Crippen LogP contribution in [0.2, 0.25) is 0 Å². The molecule has 16 heavy (non-hydrogen) atoms. The fourth-order valence-corrected chi connectivity index (χ4v) is 1.70. The number of hydrogen-bond acceptors (Lipinski definition) is 2. The monoisotopic (exact) mass is 219 g/mol. The largest absolute Gasteiger partial charge is 0.313 e. The van der Waals surface area contributed by atoms with Crippen molar-refractivity contribution in [3.05, 3.63) is 34.9 Å². The smallest absolute Gasteiger partial charge is 0.176 e. The van der Waals surface area contributed by atoms with Crippen LogP contribution in [0.5, 0.6) is 0 Å². The summed E-state index contributed by atoms with van der Waals surface area (Å²) in [6.45, 7) is 8.93. The standard InChI is InChI=1S/C14H21NO/c1-10-8-11(14(2,3)4)6-7-12(10)13(16)9-15-5/h6-8,15H,9H2,1-5H3. The topological polar surface area (TPSA) is 29.1 Å². The van der Waals surface area contributed by atoms with Crippen molar-refractivity contribution >= 4 is 5.78 Å². The van der Waals surface area contributed by atoms with E-state index in [0.29, 0.717) is 6.54 Å². The van der Waals surface area contributed by atoms with Gasteiger partial charge in [0, 0.05) is 5.56 Å². The van der Waals surface area contributed by atoms with E-state index in [1.54, 1.807) is 7.05 Å². The van der Waals surface area contributed by atoms with Gasteiger partial charge in [0.25, 0.3) is 0 Å². The molecule has 2 nitrogen and oxygen atoms in total. The number of Topliss-reactive ketones (excluding diaryl/α,β-unsaturated/α-hetero) is 1. The number of nitrogens with one attached hydrogen (secondary N) is 1. The Balaban J connectivity index is 3.05. The maximum absolute atomic E-state index is 11.8. The van der Waals surface area contributed by atoms with Crippen LogP contribution in [-0.2, 0) is 5.41 Å². The van der Waals surface area contributed by atoms with Gasteiger partial charge in [0.2, 0.25) is 0 Å². The molecule has 0 radical (unpaired) electrons. The lowest BCUT2D eigenvalue weighted by Gasteiger charge is -2.20. The van der Waals surface area contributed by atoms with Crippen LogP contribution in [0.1, 0.15) is 42.3 Å². The van der Waals surface area contributed by atoms with Crippen LogP contribution in [0.25, 0.3) is 0 Å². The fourth-order valence-electron chi connectivity index (χ4n) is 1.70. The van der Waals surface area contributed by atoms with Crippen molar-refractivity contribution in [2.75, 3.05) is 13.6 Å². The second-order valence-electron chi connectivity index (χ2n) is 5.23. The Morgan fingerprint density at radius 2 is 1.94 bits per heavy atom. The highest BCUT2D eigenvalue weighted by molar-refractivity contribution is 5.98. The first-order chi connectivity index (χ1) is 7.36. The Morgan fingerprint density at radius 3 is 2.38 bits per heavy atom. The zero-order valence-electron chi connectivity index (χ0n) is 10.8. The quantitative estimate of drug-likeness (QED) is 0.792. The van der Waals surface area contributed by atoms with Gasteiger partial charge >= 0.3 is 0 Å². The predicted molar refractivity (Wildman–Crippen MR) is 68.1 cm³/mol. The average Bonchev–Trinajstić information content (AvgIpc) is 2.16. The first kappa shape index (κ1) is 12.9. The molecule has 0 aliphatic carbocycles. The molecule has 0 amide bonds. The molecule has 1 aromatic rings. The highest BCUT2D eigenvalue weighted by atomic mass is 16.1. The zero-order valence-corrected chi connectivity index (χ0v) is 10.8. The minimum atomic E-state index is 0.134. The number of hydrogen-bond donors (Lipinski definition) is 1. The highest BCUT2D eigenvalue weighted by Crippen LogP contribution is 2.24. The molecule has 0 aliphatic heterocycles. The highest BCUT2D eigenvalue weighted by Gasteiger charge is 2.16. The van der Waals surface area contributed by atoms with Gasteiger partial charge in [0.05, 0.1) is 6.54 Å². The third-order valence-corrected chi connectivity index (χ3v) is 2.73. The van der Waals surface area contributed by atoms with Crippen LogP contribution in [0.3, 0.4) is 0 Å². The number of rotatable bonds is 3. The van der Waals surface area contributed by atoms with E-state index in [-0.39, 0.29) is 11.2 Å². The Bertz CT molecular complexity index is 388. The number of carbonyl (C=O) groups excluding carboxylic acids is 1. The molecule has 1 aromatic carbocycles. The summed E-state index contributed by atoms with van der Waals surface area (Å²) < 4.78 is 0. The maximum Gasteiger partial charge on any atom is 0.176 e. The lowest BCUT2D eigenvalue weighted by Crippen LogP contribution is -2.20. The maximum atomic E-state index is 11.8. The molecule has 0 spiro atoms. The van der Waals surface area contributed by atoms with Crippen molar-refractivity contribution in [3.8, 4) is 0 Å². The van der Waals surface area contributed by atoms with E-state index in [4.69, 9.17) is 0 Å². The van der Waals surface area contributed by atoms with Gasteiger partial charge in [-0.05, 0) is 30.5 Å². The molecule has 0 saturated carbocycles. The molecule has 0 fully saturated rings. The summed E-state index contributed by atoms with van der Waals surface area (Å²) in [6, 6.07) is 6.11. The van der Waals surface area contributed by atoms with Crippen molar-refractivity contribution < 1.29 is 4.79 Å². The Labute approximate surface area is 98.1 Å². The minimum Gasteiger partial charge on any atom is -0.313 e. The van der Waals surface area contributed by atoms with Gasteiger partial charge in [-0.1, -0.05) is 39.0 Å². The van der Waals surface area contributed by atoms with Gasteiger partial charge in [-0.15, -0.1) is 0 Å². The molecule has 0 atom stereocenters. The van der Waals surface area contributed by atoms with E-state index < -0.39 is 0 Å². The summed E-state index contributed by atoms with van der Waals surface area (Å²) >= 11 is 0. The summed E-state index contributed by atoms with van der Waals surface area (Å²) in [5.41, 5.74) is 3.29. The molecular weight excluding hydrogens is 198 g/mol. The Morgan fingerprint density at radius 1 is 1.31 bits per heavy atom. The van der Waals surface area contributed by atoms with Gasteiger partial charge in [-0.2, -0.15) is 0 Å². The van der Waals surface area contributed by atoms with Gasteiger partial charge < -0.3 is 5.32 Å². The van der Waals surface area contributed by atoms with Crippen LogP contribution in [0.15, 0.2) is 18.2 Å². The molecule has 0 saturated heterocycles. The number of carbonyl (C=O) groups is 1. The van der Waals surface area contributed by atoms with Crippen LogP contribution in [-0.4, -0.2) is 19.4 Å². The summed E-state index contributed by atoms with van der Waals surface area (Å²) in [5, 5.41) is 2.89. The van der Waals surface area contributed by atoms with Crippen molar-refractivity contribution in [2.24, 2.45) is 0 Å². The molecule has 0 aromatic heterocycles. The lowest BCUT2D eigenvalue weighted by molar-refractivity contribution is 0.0993. The van der Waals surface area contributed by atoms with E-state index in [1.807, 2.05) is 13.0 Å². The summed E-state index contributed by atoms with van der Waals surface area (Å²) in [7, 11) is 1.79. The second-order valence-corrected chi connectivity index (χ2v) is 5.23. The first-order valence-electron chi connectivity index (χ1n) is 5.65. The lowest BCUT2D eigenvalue weighted by atomic mass is 9.85. The Hall–Kier alpha value is -1.15. The molecule has 1 N–H and O–H groups in total. The molecule has 0 aliphatic rings. The molecule has 2 heteroatoms. The van der Waals surface area contributed by atoms with Crippen molar-refractivity contribution in [1.82, 2.24) is 5.32 Å². The van der Waals surface area contributed by atoms with Crippen molar-refractivity contribution in [2.45, 2.75) is 33.1 Å². The second kappa shape index (κ2) is 4.79. The van der Waals surface area contributed by atoms with Crippen molar-refractivity contribution in [3.63, 3.8) is 0 Å². The normalized spacial score (nSPS) is 11.6. The number of likely N-dealkylation sites (N-methyl/N-ethyl adjacent to an activating group) is 1. The van der Waals surface area contributed by atoms with E-state index in [1.165, 1.54) is 5.56 Å². The number of benzene rings is 1. The van der Waals surface area contributed by atoms with E-state index >= 15 is 0 Å². The van der Waals surface area contributed by atoms with Gasteiger partial charge in [0.1, 0.15) is 0 Å². The third-order valence-electron chi connectivity index (χ3n) is 2.73. The van der Waals surface area contributed by atoms with E-state index in [2.05, 4.69) is 38.2 Å². The molecule has 1 rings (SSSR count). The average molecular weight is 219 g/mol. The van der Waals surface area contributed by atoms with E-state index in [0.717, 1.165) is 11.1 Å². The van der Waals surface area contributed by atoms with Crippen LogP contribution in [0, 0.1) is 6.92 Å². The molecular formula is C14H21NO. The van der Waals surface area contributed by atoms with Gasteiger partial charge in [-0.3, -0.25) is 4.79 Å². The number of aryl methyl sites for hydroxylation is 1. The summed E-state index contributed by atoms with van der Waals surface area (Å²) in [5.74, 6) is 0.153. The van der Waals surface area contributed by atoms with Crippen LogP contribution >= 0.6 is 0 Å². The number of ketones is 1. The zero-order chi connectivity index (χ0) is 12.3. The predicted octanol–water partition coefficient (Wildman–Crippen LogP) is 2.69. The molecule has 0 unspecified atom stereocenters. The van der Waals surface area contributed by atoms with Crippen molar-refractivity contribution in [1.29, 1.82) is 0 Å². The van der Waals surface area contributed by atoms with Crippen LogP contribution < -0.4 is 5.32 Å². The summed E-state index contributed by atoms with van der Waals surface area (Å²) in [4.78, 5) is 11.8. The Kier molecular flexibility index (Phi) is 3.87. The molecule has 0 heterocycles. The van der Waals surface area contributed by atoms with Gasteiger partial charge in [0.15, 0.2) is 5.78 Å². The fraction of sp³-hybridized carbons (Fsp3) is 0.500. The first-order valence-corrected chi connectivity index (χ1v) is 5.65. The van der Waals surface area contributed by atoms with E-state index in [9.17, 15) is 4.79 Å². The SMILES string of the molecule is CNCC(=O)c1ccc(C(C)(C)C)cc1C. The van der Waals surface area contributed by atoms with Crippen LogP contribution in [0.4, 0.5) is 0 Å². The third kappa shape index (κ3) is 2.92. The molecule has 0 bridgehead atoms. The molecule has 88 valence electrons. The summed E-state index contributed by atoms with van der Waals surface area (Å²) in [6.07, 6.45) is 0. The minimum absolute atomic E-state index is 0.134.